The Morgan fingerprint density at radius 3 is 2.37 bits per heavy atom. The van der Waals surface area contributed by atoms with E-state index in [1.807, 2.05) is 14.0 Å². The van der Waals surface area contributed by atoms with Crippen LogP contribution in [0.4, 0.5) is 13.2 Å². The highest BCUT2D eigenvalue weighted by Gasteiger charge is 2.50. The average molecular weight is 416 g/mol. The summed E-state index contributed by atoms with van der Waals surface area (Å²) >= 11 is 0. The van der Waals surface area contributed by atoms with E-state index in [0.717, 1.165) is 25.9 Å². The molecule has 0 aliphatic carbocycles. The molecule has 7 nitrogen and oxygen atoms in total. The predicted molar refractivity (Wildman–Crippen MR) is 101 cm³/mol. The summed E-state index contributed by atoms with van der Waals surface area (Å²) in [6, 6.07) is -0.111. The fourth-order valence-corrected chi connectivity index (χ4v) is 3.76. The molecule has 1 saturated heterocycles. The molecule has 0 aromatic rings. The Labute approximate surface area is 160 Å². The van der Waals surface area contributed by atoms with Crippen LogP contribution in [-0.2, 0) is 10.0 Å². The number of nitrogens with zero attached hydrogens (tertiary/aromatic N) is 3. The monoisotopic (exact) mass is 415 g/mol. The molecule has 0 unspecified atom stereocenters. The Hall–Kier alpha value is -1.07. The predicted octanol–water partition coefficient (Wildman–Crippen LogP) is 1.59. The third kappa shape index (κ3) is 7.82. The van der Waals surface area contributed by atoms with Gasteiger partial charge in [0, 0.05) is 32.2 Å². The lowest BCUT2D eigenvalue weighted by Gasteiger charge is -2.32. The maximum atomic E-state index is 12.6. The lowest BCUT2D eigenvalue weighted by molar-refractivity contribution is -0.0494. The van der Waals surface area contributed by atoms with Crippen molar-refractivity contribution in [2.24, 2.45) is 4.99 Å². The van der Waals surface area contributed by atoms with E-state index in [1.54, 1.807) is 0 Å². The van der Waals surface area contributed by atoms with E-state index in [2.05, 4.69) is 27.4 Å². The fraction of sp³-hybridized carbons (Fsp3) is 0.938. The van der Waals surface area contributed by atoms with Gasteiger partial charge in [-0.25, -0.2) is 8.42 Å². The van der Waals surface area contributed by atoms with Gasteiger partial charge in [-0.15, -0.1) is 0 Å². The number of hydrogen-bond acceptors (Lipinski definition) is 4. The van der Waals surface area contributed by atoms with Crippen LogP contribution in [0.25, 0.3) is 0 Å². The summed E-state index contributed by atoms with van der Waals surface area (Å²) in [5.74, 6) is 0.610. The van der Waals surface area contributed by atoms with E-state index in [4.69, 9.17) is 0 Å². The van der Waals surface area contributed by atoms with Crippen molar-refractivity contribution in [1.82, 2.24) is 19.8 Å². The number of halogens is 3. The van der Waals surface area contributed by atoms with Gasteiger partial charge in [0.2, 0.25) is 0 Å². The molecule has 1 aliphatic heterocycles. The van der Waals surface area contributed by atoms with Gasteiger partial charge in [-0.05, 0) is 39.8 Å². The van der Waals surface area contributed by atoms with Crippen molar-refractivity contribution in [2.45, 2.75) is 51.1 Å². The van der Waals surface area contributed by atoms with Crippen LogP contribution in [0.15, 0.2) is 4.99 Å². The average Bonchev–Trinajstić information content (AvgIpc) is 2.59. The third-order valence-electron chi connectivity index (χ3n) is 4.42. The molecule has 0 amide bonds. The molecule has 1 aliphatic rings. The summed E-state index contributed by atoms with van der Waals surface area (Å²) in [4.78, 5) is 6.71. The topological polar surface area (TPSA) is 77.0 Å². The van der Waals surface area contributed by atoms with Crippen molar-refractivity contribution in [1.29, 1.82) is 0 Å². The first-order valence-corrected chi connectivity index (χ1v) is 10.9. The number of piperidine rings is 1. The molecule has 27 heavy (non-hydrogen) atoms. The summed E-state index contributed by atoms with van der Waals surface area (Å²) in [5, 5.41) is 6.32. The Balaban J connectivity index is 2.51. The number of hydrogen-bond donors (Lipinski definition) is 2. The Bertz CT molecular complexity index is 561. The first-order valence-electron chi connectivity index (χ1n) is 9.41. The second kappa shape index (κ2) is 11.1. The van der Waals surface area contributed by atoms with Crippen LogP contribution in [-0.4, -0.2) is 81.4 Å². The van der Waals surface area contributed by atoms with Gasteiger partial charge in [0.15, 0.2) is 5.96 Å². The Morgan fingerprint density at radius 1 is 1.22 bits per heavy atom. The molecule has 1 fully saturated rings. The van der Waals surface area contributed by atoms with Gasteiger partial charge >= 0.3 is 15.5 Å². The minimum atomic E-state index is -5.24. The maximum absolute atomic E-state index is 12.6. The van der Waals surface area contributed by atoms with Crippen LogP contribution < -0.4 is 10.6 Å². The Morgan fingerprint density at radius 2 is 1.85 bits per heavy atom. The van der Waals surface area contributed by atoms with E-state index < -0.39 is 15.5 Å². The molecular weight excluding hydrogens is 383 g/mol. The highest BCUT2D eigenvalue weighted by atomic mass is 32.2. The van der Waals surface area contributed by atoms with Gasteiger partial charge in [-0.2, -0.15) is 17.5 Å². The molecule has 0 aromatic carbocycles. The van der Waals surface area contributed by atoms with Gasteiger partial charge < -0.3 is 15.5 Å². The molecule has 0 radical (unpaired) electrons. The second-order valence-corrected chi connectivity index (χ2v) is 8.62. The number of sulfonamides is 1. The molecule has 0 spiro atoms. The summed E-state index contributed by atoms with van der Waals surface area (Å²) in [6.07, 6.45) is 2.88. The van der Waals surface area contributed by atoms with Crippen LogP contribution in [0.3, 0.4) is 0 Å². The van der Waals surface area contributed by atoms with Crippen molar-refractivity contribution in [3.05, 3.63) is 0 Å². The smallest absolute Gasteiger partial charge is 0.357 e. The van der Waals surface area contributed by atoms with Gasteiger partial charge in [0.25, 0.3) is 0 Å². The van der Waals surface area contributed by atoms with Crippen LogP contribution in [0.1, 0.15) is 39.5 Å². The zero-order valence-corrected chi connectivity index (χ0v) is 17.2. The molecule has 0 saturated carbocycles. The number of nitrogens with one attached hydrogen (secondary N) is 2. The van der Waals surface area contributed by atoms with Crippen molar-refractivity contribution in [3.8, 4) is 0 Å². The molecule has 0 bridgehead atoms. The molecule has 2 N–H and O–H groups in total. The third-order valence-corrected chi connectivity index (χ3v) is 6.05. The summed E-state index contributed by atoms with van der Waals surface area (Å²) in [5.41, 5.74) is -5.24. The van der Waals surface area contributed by atoms with Gasteiger partial charge in [-0.3, -0.25) is 4.99 Å². The maximum Gasteiger partial charge on any atom is 0.511 e. The van der Waals surface area contributed by atoms with Crippen molar-refractivity contribution >= 4 is 16.0 Å². The molecule has 160 valence electrons. The number of rotatable bonds is 9. The summed E-state index contributed by atoms with van der Waals surface area (Å²) in [7, 11) is -3.19. The molecular formula is C16H32F3N5O2S. The summed E-state index contributed by atoms with van der Waals surface area (Å²) < 4.78 is 61.3. The van der Waals surface area contributed by atoms with Gasteiger partial charge in [-0.1, -0.05) is 13.3 Å². The minimum absolute atomic E-state index is 0.111. The highest BCUT2D eigenvalue weighted by molar-refractivity contribution is 7.90. The van der Waals surface area contributed by atoms with Crippen LogP contribution in [0.2, 0.25) is 0 Å². The molecule has 0 atom stereocenters. The number of likely N-dealkylation sites (N-methyl/N-ethyl adjacent to an activating group) is 1. The van der Waals surface area contributed by atoms with Crippen LogP contribution >= 0.6 is 0 Å². The lowest BCUT2D eigenvalue weighted by Crippen LogP contribution is -2.51. The quantitative estimate of drug-likeness (QED) is 0.442. The zero-order chi connectivity index (χ0) is 20.5. The zero-order valence-electron chi connectivity index (χ0n) is 16.3. The SMILES string of the molecule is CCCCN(C)CCN=C(NCC)NC1CCN(S(=O)(=O)C(F)(F)F)CC1. The lowest BCUT2D eigenvalue weighted by atomic mass is 10.1. The molecule has 1 heterocycles. The van der Waals surface area contributed by atoms with Gasteiger partial charge in [0.05, 0.1) is 6.54 Å². The fourth-order valence-electron chi connectivity index (χ4n) is 2.77. The Kier molecular flexibility index (Phi) is 9.82. The van der Waals surface area contributed by atoms with E-state index in [1.165, 1.54) is 0 Å². The highest BCUT2D eigenvalue weighted by Crippen LogP contribution is 2.28. The first-order chi connectivity index (χ1) is 12.6. The number of aliphatic imine (C=N–C) groups is 1. The van der Waals surface area contributed by atoms with E-state index >= 15 is 0 Å². The van der Waals surface area contributed by atoms with Gasteiger partial charge in [0.1, 0.15) is 0 Å². The molecule has 0 aromatic heterocycles. The van der Waals surface area contributed by atoms with E-state index in [9.17, 15) is 21.6 Å². The van der Waals surface area contributed by atoms with Crippen molar-refractivity contribution in [2.75, 3.05) is 46.3 Å². The van der Waals surface area contributed by atoms with Crippen LogP contribution in [0, 0.1) is 0 Å². The van der Waals surface area contributed by atoms with E-state index in [-0.39, 0.29) is 19.1 Å². The van der Waals surface area contributed by atoms with E-state index in [0.29, 0.717) is 36.2 Å². The minimum Gasteiger partial charge on any atom is -0.357 e. The van der Waals surface area contributed by atoms with Crippen LogP contribution in [0.5, 0.6) is 0 Å². The number of unbranched alkanes of at least 4 members (excludes halogenated alkanes) is 1. The second-order valence-electron chi connectivity index (χ2n) is 6.69. The first kappa shape index (κ1) is 24.0. The molecule has 1 rings (SSSR count). The largest absolute Gasteiger partial charge is 0.511 e. The standard InChI is InChI=1S/C16H32F3N5O2S/c1-4-6-10-23(3)13-9-21-15(20-5-2)22-14-7-11-24(12-8-14)27(25,26)16(17,18)19/h14H,4-13H2,1-3H3,(H2,20,21,22). The number of alkyl halides is 3. The van der Waals surface area contributed by atoms with Crippen molar-refractivity contribution < 1.29 is 21.6 Å². The number of guanidine groups is 1. The summed E-state index contributed by atoms with van der Waals surface area (Å²) in [6.45, 7) is 6.88. The normalized spacial score (nSPS) is 18.1. The molecule has 11 heteroatoms. The van der Waals surface area contributed by atoms with Crippen molar-refractivity contribution in [3.63, 3.8) is 0 Å².